The highest BCUT2D eigenvalue weighted by molar-refractivity contribution is 5.70. The van der Waals surface area contributed by atoms with Crippen molar-refractivity contribution in [3.8, 4) is 5.75 Å². The Labute approximate surface area is 211 Å². The molecule has 36 heavy (non-hydrogen) atoms. The van der Waals surface area contributed by atoms with Gasteiger partial charge in [-0.1, -0.05) is 48.5 Å². The van der Waals surface area contributed by atoms with Crippen LogP contribution in [-0.4, -0.2) is 39.6 Å². The minimum Gasteiger partial charge on any atom is -0.489 e. The van der Waals surface area contributed by atoms with Crippen LogP contribution in [0.25, 0.3) is 0 Å². The molecule has 0 aliphatic carbocycles. The van der Waals surface area contributed by atoms with E-state index in [1.165, 1.54) is 7.11 Å². The third-order valence-electron chi connectivity index (χ3n) is 5.46. The lowest BCUT2D eigenvalue weighted by Crippen LogP contribution is -2.32. The lowest BCUT2D eigenvalue weighted by Gasteiger charge is -2.31. The van der Waals surface area contributed by atoms with E-state index in [1.54, 1.807) is 21.0 Å². The van der Waals surface area contributed by atoms with Crippen molar-refractivity contribution in [3.63, 3.8) is 0 Å². The van der Waals surface area contributed by atoms with Crippen LogP contribution in [0.5, 0.6) is 5.75 Å². The van der Waals surface area contributed by atoms with Crippen molar-refractivity contribution >= 4 is 12.2 Å². The molecular formula is C27H32N2O7. The summed E-state index contributed by atoms with van der Waals surface area (Å²) in [6.07, 6.45) is -0.884. The number of nitrogens with one attached hydrogen (secondary N) is 2. The molecule has 0 spiro atoms. The Hall–Kier alpha value is -3.98. The summed E-state index contributed by atoms with van der Waals surface area (Å²) in [6, 6.07) is 17.1. The van der Waals surface area contributed by atoms with E-state index < -0.39 is 18.2 Å². The van der Waals surface area contributed by atoms with Gasteiger partial charge < -0.3 is 34.3 Å². The molecule has 0 saturated heterocycles. The van der Waals surface area contributed by atoms with Crippen LogP contribution in [0.3, 0.4) is 0 Å². The molecule has 2 N–H and O–H groups in total. The smallest absolute Gasteiger partial charge is 0.489 e. The van der Waals surface area contributed by atoms with E-state index in [4.69, 9.17) is 23.7 Å². The summed E-state index contributed by atoms with van der Waals surface area (Å²) >= 11 is 0. The van der Waals surface area contributed by atoms with Crippen LogP contribution in [0.1, 0.15) is 37.3 Å². The summed E-state index contributed by atoms with van der Waals surface area (Å²) < 4.78 is 27.2. The Kier molecular flexibility index (Phi) is 9.76. The number of ether oxygens (including phenoxy) is 5. The highest BCUT2D eigenvalue weighted by atomic mass is 16.7. The summed E-state index contributed by atoms with van der Waals surface area (Å²) in [5, 5.41) is 5.84. The summed E-state index contributed by atoms with van der Waals surface area (Å²) in [5.74, 6) is 0.327. The number of amides is 1. The van der Waals surface area contributed by atoms with E-state index in [0.717, 1.165) is 5.56 Å². The van der Waals surface area contributed by atoms with Gasteiger partial charge >= 0.3 is 12.2 Å². The molecule has 1 aliphatic rings. The van der Waals surface area contributed by atoms with Gasteiger partial charge in [-0.2, -0.15) is 0 Å². The van der Waals surface area contributed by atoms with Crippen LogP contribution >= 0.6 is 0 Å². The topological polar surface area (TPSA) is 104 Å². The molecule has 1 unspecified atom stereocenters. The number of alkyl carbamates (subject to hydrolysis) is 1. The minimum absolute atomic E-state index is 0.241. The predicted molar refractivity (Wildman–Crippen MR) is 133 cm³/mol. The van der Waals surface area contributed by atoms with Crippen LogP contribution < -0.4 is 15.4 Å². The van der Waals surface area contributed by atoms with Gasteiger partial charge in [0.2, 0.25) is 0 Å². The number of hydrogen-bond donors (Lipinski definition) is 2. The van der Waals surface area contributed by atoms with E-state index in [1.807, 2.05) is 54.6 Å². The fourth-order valence-corrected chi connectivity index (χ4v) is 3.77. The van der Waals surface area contributed by atoms with Gasteiger partial charge in [0.1, 0.15) is 29.8 Å². The van der Waals surface area contributed by atoms with Crippen LogP contribution in [0.15, 0.2) is 77.5 Å². The number of carbonyl (C=O) groups excluding carboxylic acids is 2. The normalized spacial score (nSPS) is 15.2. The first-order chi connectivity index (χ1) is 17.4. The van der Waals surface area contributed by atoms with E-state index >= 15 is 0 Å². The SMILES string of the molecule is COCCCNC(=O)OC1=C(C)NC(C)=C(OC(=O)OC)C1c1ccccc1OCc1ccccc1. The standard InChI is InChI=1S/C27H32N2O7/c1-18-24(35-26(30)28-15-10-16-32-3)23(25(19(2)29-18)36-27(31)33-4)21-13-8-9-14-22(21)34-17-20-11-6-5-7-12-20/h5-9,11-14,23,29H,10,15-17H2,1-4H3,(H,28,30). The molecule has 1 heterocycles. The van der Waals surface area contributed by atoms with Gasteiger partial charge in [0, 0.05) is 25.8 Å². The van der Waals surface area contributed by atoms with Crippen molar-refractivity contribution < 1.29 is 33.3 Å². The molecule has 9 nitrogen and oxygen atoms in total. The van der Waals surface area contributed by atoms with E-state index in [9.17, 15) is 9.59 Å². The van der Waals surface area contributed by atoms with Crippen molar-refractivity contribution in [1.29, 1.82) is 0 Å². The van der Waals surface area contributed by atoms with Gasteiger partial charge in [-0.25, -0.2) is 9.59 Å². The minimum atomic E-state index is -0.887. The molecule has 0 radical (unpaired) electrons. The molecule has 3 rings (SSSR count). The molecular weight excluding hydrogens is 464 g/mol. The highest BCUT2D eigenvalue weighted by Crippen LogP contribution is 2.43. The number of para-hydroxylation sites is 1. The second-order valence-corrected chi connectivity index (χ2v) is 8.07. The first-order valence-electron chi connectivity index (χ1n) is 11.6. The number of hydrogen-bond acceptors (Lipinski definition) is 8. The molecule has 9 heteroatoms. The molecule has 1 amide bonds. The quantitative estimate of drug-likeness (QED) is 0.351. The zero-order valence-corrected chi connectivity index (χ0v) is 21.0. The summed E-state index contributed by atoms with van der Waals surface area (Å²) in [7, 11) is 2.83. The predicted octanol–water partition coefficient (Wildman–Crippen LogP) is 4.96. The van der Waals surface area contributed by atoms with Crippen molar-refractivity contribution in [2.24, 2.45) is 0 Å². The lowest BCUT2D eigenvalue weighted by atomic mass is 9.90. The number of methoxy groups -OCH3 is 2. The second kappa shape index (κ2) is 13.2. The Morgan fingerprint density at radius 3 is 2.28 bits per heavy atom. The van der Waals surface area contributed by atoms with E-state index in [2.05, 4.69) is 10.6 Å². The maximum absolute atomic E-state index is 12.6. The summed E-state index contributed by atoms with van der Waals surface area (Å²) in [4.78, 5) is 24.8. The maximum Gasteiger partial charge on any atom is 0.513 e. The molecule has 0 aromatic heterocycles. The fraction of sp³-hybridized carbons (Fsp3) is 0.333. The zero-order chi connectivity index (χ0) is 25.9. The molecule has 0 saturated carbocycles. The summed E-state index contributed by atoms with van der Waals surface area (Å²) in [6.45, 7) is 4.78. The van der Waals surface area contributed by atoms with Gasteiger partial charge in [0.15, 0.2) is 0 Å². The number of allylic oxidation sites excluding steroid dienone is 2. The highest BCUT2D eigenvalue weighted by Gasteiger charge is 2.36. The molecule has 192 valence electrons. The Morgan fingerprint density at radius 1 is 0.917 bits per heavy atom. The number of carbonyl (C=O) groups is 2. The monoisotopic (exact) mass is 496 g/mol. The number of rotatable bonds is 10. The zero-order valence-electron chi connectivity index (χ0n) is 21.0. The van der Waals surface area contributed by atoms with Crippen molar-refractivity contribution in [2.45, 2.75) is 32.8 Å². The lowest BCUT2D eigenvalue weighted by molar-refractivity contribution is 0.0886. The fourth-order valence-electron chi connectivity index (χ4n) is 3.77. The average molecular weight is 497 g/mol. The van der Waals surface area contributed by atoms with Gasteiger partial charge in [-0.3, -0.25) is 0 Å². The van der Waals surface area contributed by atoms with Crippen molar-refractivity contribution in [2.75, 3.05) is 27.4 Å². The van der Waals surface area contributed by atoms with Crippen molar-refractivity contribution in [3.05, 3.63) is 88.6 Å². The van der Waals surface area contributed by atoms with E-state index in [-0.39, 0.29) is 11.5 Å². The van der Waals surface area contributed by atoms with Crippen molar-refractivity contribution in [1.82, 2.24) is 10.6 Å². The van der Waals surface area contributed by atoms with E-state index in [0.29, 0.717) is 48.9 Å². The van der Waals surface area contributed by atoms with Crippen LogP contribution in [0.2, 0.25) is 0 Å². The second-order valence-electron chi connectivity index (χ2n) is 8.07. The Morgan fingerprint density at radius 2 is 1.58 bits per heavy atom. The third kappa shape index (κ3) is 7.02. The largest absolute Gasteiger partial charge is 0.513 e. The van der Waals surface area contributed by atoms with Gasteiger partial charge in [-0.15, -0.1) is 0 Å². The summed E-state index contributed by atoms with van der Waals surface area (Å²) in [5.41, 5.74) is 2.83. The van der Waals surface area contributed by atoms with Crippen LogP contribution in [-0.2, 0) is 25.6 Å². The molecule has 2 aromatic carbocycles. The third-order valence-corrected chi connectivity index (χ3v) is 5.46. The first kappa shape index (κ1) is 26.6. The molecule has 0 bridgehead atoms. The number of benzene rings is 2. The van der Waals surface area contributed by atoms with Gasteiger partial charge in [-0.05, 0) is 31.9 Å². The van der Waals surface area contributed by atoms with Crippen LogP contribution in [0, 0.1) is 0 Å². The molecule has 1 atom stereocenters. The first-order valence-corrected chi connectivity index (χ1v) is 11.6. The maximum atomic E-state index is 12.6. The van der Waals surface area contributed by atoms with Gasteiger partial charge in [0.05, 0.1) is 18.5 Å². The molecule has 1 aliphatic heterocycles. The average Bonchev–Trinajstić information content (AvgIpc) is 2.89. The Balaban J connectivity index is 1.95. The van der Waals surface area contributed by atoms with Gasteiger partial charge in [0.25, 0.3) is 0 Å². The Bertz CT molecular complexity index is 1110. The number of dihydropyridines is 1. The molecule has 2 aromatic rings. The van der Waals surface area contributed by atoms with Crippen LogP contribution in [0.4, 0.5) is 9.59 Å². The molecule has 0 fully saturated rings.